The quantitative estimate of drug-likeness (QED) is 0.639. The summed E-state index contributed by atoms with van der Waals surface area (Å²) in [6.07, 6.45) is 1.04. The molecule has 0 fully saturated rings. The number of hydrogen-bond acceptors (Lipinski definition) is 4. The summed E-state index contributed by atoms with van der Waals surface area (Å²) < 4.78 is 25.1. The Hall–Kier alpha value is -2.39. The van der Waals surface area contributed by atoms with Crippen LogP contribution < -0.4 is 4.73 Å². The monoisotopic (exact) mass is 302 g/mol. The number of aromatic nitrogens is 1. The molecule has 0 aliphatic heterocycles. The number of nitrogens with zero attached hydrogens (tertiary/aromatic N) is 2. The highest BCUT2D eigenvalue weighted by Crippen LogP contribution is 2.18. The summed E-state index contributed by atoms with van der Waals surface area (Å²) in [4.78, 5) is 0. The van der Waals surface area contributed by atoms with Crippen molar-refractivity contribution < 1.29 is 13.1 Å². The zero-order chi connectivity index (χ0) is 15.6. The van der Waals surface area contributed by atoms with Gasteiger partial charge in [-0.2, -0.15) is 9.99 Å². The van der Waals surface area contributed by atoms with E-state index < -0.39 is 14.9 Å². The Morgan fingerprint density at radius 2 is 1.95 bits per heavy atom. The summed E-state index contributed by atoms with van der Waals surface area (Å²) >= 11 is 0. The minimum atomic E-state index is -3.82. The molecule has 0 amide bonds. The van der Waals surface area contributed by atoms with Crippen LogP contribution in [-0.2, 0) is 15.6 Å². The largest absolute Gasteiger partial charge is 0.618 e. The molecule has 6 heteroatoms. The first-order chi connectivity index (χ1) is 9.83. The zero-order valence-corrected chi connectivity index (χ0v) is 12.5. The summed E-state index contributed by atoms with van der Waals surface area (Å²) in [6.45, 7) is 3.70. The normalized spacial score (nSPS) is 11.1. The van der Waals surface area contributed by atoms with Crippen LogP contribution in [0, 0.1) is 30.4 Å². The van der Waals surface area contributed by atoms with Crippen molar-refractivity contribution in [2.75, 3.05) is 0 Å². The maximum absolute atomic E-state index is 12.4. The van der Waals surface area contributed by atoms with Gasteiger partial charge in [-0.1, -0.05) is 23.8 Å². The van der Waals surface area contributed by atoms with E-state index >= 15 is 0 Å². The minimum Gasteiger partial charge on any atom is -0.618 e. The van der Waals surface area contributed by atoms with Crippen molar-refractivity contribution in [3.63, 3.8) is 0 Å². The SMILES string of the molecule is Cc1ccc(C)c(CS(=O)(=O)c2cc(C#N)cc[n+]2[O-])c1. The van der Waals surface area contributed by atoms with E-state index in [1.807, 2.05) is 32.0 Å². The lowest BCUT2D eigenvalue weighted by Gasteiger charge is -2.09. The first-order valence-electron chi connectivity index (χ1n) is 6.26. The number of aryl methyl sites for hydroxylation is 2. The molecule has 1 aromatic carbocycles. The second-order valence-corrected chi connectivity index (χ2v) is 6.82. The first kappa shape index (κ1) is 15.0. The molecule has 0 saturated carbocycles. The van der Waals surface area contributed by atoms with Crippen LogP contribution in [0.4, 0.5) is 0 Å². The Balaban J connectivity index is 2.48. The van der Waals surface area contributed by atoms with E-state index in [1.165, 1.54) is 6.07 Å². The van der Waals surface area contributed by atoms with Crippen LogP contribution in [0.3, 0.4) is 0 Å². The van der Waals surface area contributed by atoms with Crippen molar-refractivity contribution in [3.8, 4) is 6.07 Å². The molecule has 2 aromatic rings. The maximum atomic E-state index is 12.4. The smallest absolute Gasteiger partial charge is 0.310 e. The Bertz CT molecular complexity index is 836. The van der Waals surface area contributed by atoms with E-state index in [4.69, 9.17) is 5.26 Å². The topological polar surface area (TPSA) is 84.9 Å². The molecule has 0 spiro atoms. The highest BCUT2D eigenvalue weighted by Gasteiger charge is 2.25. The second kappa shape index (κ2) is 5.54. The van der Waals surface area contributed by atoms with Gasteiger partial charge in [0.25, 0.3) is 0 Å². The van der Waals surface area contributed by atoms with Crippen molar-refractivity contribution in [2.45, 2.75) is 24.6 Å². The fraction of sp³-hybridized carbons (Fsp3) is 0.200. The Kier molecular flexibility index (Phi) is 3.96. The molecule has 21 heavy (non-hydrogen) atoms. The number of nitriles is 1. The van der Waals surface area contributed by atoms with Crippen LogP contribution in [-0.4, -0.2) is 8.42 Å². The zero-order valence-electron chi connectivity index (χ0n) is 11.7. The summed E-state index contributed by atoms with van der Waals surface area (Å²) in [5.41, 5.74) is 2.59. The molecule has 0 aliphatic carbocycles. The molecular weight excluding hydrogens is 288 g/mol. The number of sulfone groups is 1. The molecule has 0 N–H and O–H groups in total. The third-order valence-electron chi connectivity index (χ3n) is 3.18. The lowest BCUT2D eigenvalue weighted by molar-refractivity contribution is -0.646. The molecule has 2 rings (SSSR count). The Morgan fingerprint density at radius 1 is 1.24 bits per heavy atom. The van der Waals surface area contributed by atoms with E-state index in [-0.39, 0.29) is 16.0 Å². The summed E-state index contributed by atoms with van der Waals surface area (Å²) in [6, 6.07) is 9.75. The molecule has 1 heterocycles. The number of rotatable bonds is 3. The molecule has 0 unspecified atom stereocenters. The van der Waals surface area contributed by atoms with Crippen LogP contribution in [0.1, 0.15) is 22.3 Å². The van der Waals surface area contributed by atoms with E-state index in [0.717, 1.165) is 23.4 Å². The average Bonchev–Trinajstić information content (AvgIpc) is 2.43. The number of benzene rings is 1. The van der Waals surface area contributed by atoms with Gasteiger partial charge in [0.15, 0.2) is 6.20 Å². The van der Waals surface area contributed by atoms with Gasteiger partial charge < -0.3 is 5.21 Å². The van der Waals surface area contributed by atoms with E-state index in [2.05, 4.69) is 0 Å². The van der Waals surface area contributed by atoms with Crippen LogP contribution in [0.5, 0.6) is 0 Å². The van der Waals surface area contributed by atoms with Crippen LogP contribution in [0.2, 0.25) is 0 Å². The molecule has 0 bridgehead atoms. The maximum Gasteiger partial charge on any atom is 0.310 e. The van der Waals surface area contributed by atoms with Gasteiger partial charge >= 0.3 is 5.03 Å². The van der Waals surface area contributed by atoms with Gasteiger partial charge in [-0.15, -0.1) is 0 Å². The fourth-order valence-corrected chi connectivity index (χ4v) is 3.51. The lowest BCUT2D eigenvalue weighted by Crippen LogP contribution is -2.34. The lowest BCUT2D eigenvalue weighted by atomic mass is 10.1. The van der Waals surface area contributed by atoms with Gasteiger partial charge in [0.2, 0.25) is 9.84 Å². The summed E-state index contributed by atoms with van der Waals surface area (Å²) in [5.74, 6) is -0.266. The van der Waals surface area contributed by atoms with Gasteiger partial charge in [-0.3, -0.25) is 0 Å². The third-order valence-corrected chi connectivity index (χ3v) is 4.81. The average molecular weight is 302 g/mol. The van der Waals surface area contributed by atoms with Gasteiger partial charge in [0.1, 0.15) is 0 Å². The number of hydrogen-bond donors (Lipinski definition) is 0. The third kappa shape index (κ3) is 3.20. The van der Waals surface area contributed by atoms with E-state index in [9.17, 15) is 13.6 Å². The van der Waals surface area contributed by atoms with E-state index in [0.29, 0.717) is 5.56 Å². The molecular formula is C15H14N2O3S. The van der Waals surface area contributed by atoms with Crippen LogP contribution in [0.15, 0.2) is 41.6 Å². The Labute approximate surface area is 123 Å². The van der Waals surface area contributed by atoms with Crippen molar-refractivity contribution in [3.05, 3.63) is 64.0 Å². The van der Waals surface area contributed by atoms with Crippen LogP contribution >= 0.6 is 0 Å². The van der Waals surface area contributed by atoms with Gasteiger partial charge in [0, 0.05) is 12.1 Å². The fourth-order valence-electron chi connectivity index (χ4n) is 2.00. The summed E-state index contributed by atoms with van der Waals surface area (Å²) in [5, 5.41) is 20.1. The predicted molar refractivity (Wildman–Crippen MR) is 76.9 cm³/mol. The van der Waals surface area contributed by atoms with Crippen molar-refractivity contribution in [1.29, 1.82) is 5.26 Å². The molecule has 0 saturated heterocycles. The van der Waals surface area contributed by atoms with Crippen molar-refractivity contribution >= 4 is 9.84 Å². The first-order valence-corrected chi connectivity index (χ1v) is 7.91. The highest BCUT2D eigenvalue weighted by atomic mass is 32.2. The van der Waals surface area contributed by atoms with Crippen molar-refractivity contribution in [2.24, 2.45) is 0 Å². The number of pyridine rings is 1. The van der Waals surface area contributed by atoms with Crippen molar-refractivity contribution in [1.82, 2.24) is 0 Å². The van der Waals surface area contributed by atoms with Gasteiger partial charge in [0.05, 0.1) is 17.4 Å². The predicted octanol–water partition coefficient (Wildman–Crippen LogP) is 1.78. The molecule has 1 aromatic heterocycles. The molecule has 0 aliphatic rings. The standard InChI is InChI=1S/C15H14N2O3S/c1-11-3-4-12(2)14(7-11)10-21(19,20)15-8-13(9-16)5-6-17(15)18/h3-8H,10H2,1-2H3. The van der Waals surface area contributed by atoms with E-state index in [1.54, 1.807) is 6.07 Å². The van der Waals surface area contributed by atoms with Crippen LogP contribution in [0.25, 0.3) is 0 Å². The molecule has 108 valence electrons. The molecule has 0 atom stereocenters. The molecule has 5 nitrogen and oxygen atoms in total. The molecule has 0 radical (unpaired) electrons. The highest BCUT2D eigenvalue weighted by molar-refractivity contribution is 7.90. The Morgan fingerprint density at radius 3 is 2.62 bits per heavy atom. The second-order valence-electron chi connectivity index (χ2n) is 4.88. The summed E-state index contributed by atoms with van der Waals surface area (Å²) in [7, 11) is -3.82. The van der Waals surface area contributed by atoms with Gasteiger partial charge in [-0.25, -0.2) is 8.42 Å². The van der Waals surface area contributed by atoms with Gasteiger partial charge in [-0.05, 0) is 25.0 Å². The minimum absolute atomic E-state index is 0.140.